The number of piperazine rings is 1. The summed E-state index contributed by atoms with van der Waals surface area (Å²) in [6.07, 6.45) is 1.66. The summed E-state index contributed by atoms with van der Waals surface area (Å²) in [6.45, 7) is 5.32. The van der Waals surface area contributed by atoms with E-state index < -0.39 is 0 Å². The summed E-state index contributed by atoms with van der Waals surface area (Å²) in [4.78, 5) is 16.6. The van der Waals surface area contributed by atoms with Crippen LogP contribution in [-0.4, -0.2) is 46.8 Å². The summed E-state index contributed by atoms with van der Waals surface area (Å²) in [5.74, 6) is 0.0681. The van der Waals surface area contributed by atoms with E-state index in [9.17, 15) is 4.79 Å². The Morgan fingerprint density at radius 3 is 2.29 bits per heavy atom. The molecule has 0 bridgehead atoms. The lowest BCUT2D eigenvalue weighted by Crippen LogP contribution is -2.49. The number of hydrogen-bond acceptors (Lipinski definition) is 3. The van der Waals surface area contributed by atoms with Crippen molar-refractivity contribution in [3.8, 4) is 0 Å². The number of rotatable bonds is 2. The summed E-state index contributed by atoms with van der Waals surface area (Å²) in [7, 11) is 1.80. The number of benzene rings is 1. The van der Waals surface area contributed by atoms with Crippen molar-refractivity contribution in [3.63, 3.8) is 0 Å². The molecule has 21 heavy (non-hydrogen) atoms. The third kappa shape index (κ3) is 2.77. The minimum Gasteiger partial charge on any atom is -0.368 e. The second kappa shape index (κ2) is 5.60. The van der Waals surface area contributed by atoms with Crippen LogP contribution < -0.4 is 4.90 Å². The minimum absolute atomic E-state index is 0.0681. The molecule has 0 atom stereocenters. The molecular formula is C16H20N4O. The fourth-order valence-corrected chi connectivity index (χ4v) is 2.67. The van der Waals surface area contributed by atoms with Crippen molar-refractivity contribution in [2.45, 2.75) is 6.92 Å². The molecule has 2 aromatic rings. The minimum atomic E-state index is 0.0681. The molecule has 0 N–H and O–H groups in total. The van der Waals surface area contributed by atoms with E-state index in [0.717, 1.165) is 26.2 Å². The molecule has 3 rings (SSSR count). The van der Waals surface area contributed by atoms with Gasteiger partial charge in [0.1, 0.15) is 5.69 Å². The van der Waals surface area contributed by atoms with Crippen LogP contribution in [-0.2, 0) is 7.05 Å². The Morgan fingerprint density at radius 1 is 1.05 bits per heavy atom. The second-order valence-electron chi connectivity index (χ2n) is 5.45. The van der Waals surface area contributed by atoms with Crippen LogP contribution in [0.3, 0.4) is 0 Å². The van der Waals surface area contributed by atoms with E-state index in [1.54, 1.807) is 24.0 Å². The smallest absolute Gasteiger partial charge is 0.272 e. The number of aryl methyl sites for hydroxylation is 2. The highest BCUT2D eigenvalue weighted by Gasteiger charge is 2.23. The topological polar surface area (TPSA) is 41.4 Å². The summed E-state index contributed by atoms with van der Waals surface area (Å²) < 4.78 is 1.63. The summed E-state index contributed by atoms with van der Waals surface area (Å²) in [5.41, 5.74) is 3.15. The fraction of sp³-hybridized carbons (Fsp3) is 0.375. The number of aromatic nitrogens is 2. The third-order valence-corrected chi connectivity index (χ3v) is 4.01. The van der Waals surface area contributed by atoms with Gasteiger partial charge >= 0.3 is 0 Å². The second-order valence-corrected chi connectivity index (χ2v) is 5.45. The summed E-state index contributed by atoms with van der Waals surface area (Å²) in [5, 5.41) is 4.06. The highest BCUT2D eigenvalue weighted by molar-refractivity contribution is 5.92. The van der Waals surface area contributed by atoms with E-state index in [1.165, 1.54) is 11.3 Å². The lowest BCUT2D eigenvalue weighted by Gasteiger charge is -2.36. The highest BCUT2D eigenvalue weighted by Crippen LogP contribution is 2.17. The molecule has 1 aromatic heterocycles. The van der Waals surface area contributed by atoms with Gasteiger partial charge in [-0.1, -0.05) is 17.7 Å². The first kappa shape index (κ1) is 13.7. The van der Waals surface area contributed by atoms with Crippen LogP contribution in [0.2, 0.25) is 0 Å². The number of carbonyl (C=O) groups excluding carboxylic acids is 1. The SMILES string of the molecule is Cc1ccc(N2CCN(C(=O)c3ccnn3C)CC2)cc1. The van der Waals surface area contributed by atoms with Gasteiger partial charge < -0.3 is 9.80 Å². The van der Waals surface area contributed by atoms with Gasteiger partial charge in [0.15, 0.2) is 0 Å². The number of carbonyl (C=O) groups is 1. The van der Waals surface area contributed by atoms with E-state index in [-0.39, 0.29) is 5.91 Å². The van der Waals surface area contributed by atoms with E-state index in [1.807, 2.05) is 4.90 Å². The van der Waals surface area contributed by atoms with E-state index in [0.29, 0.717) is 5.69 Å². The van der Waals surface area contributed by atoms with Gasteiger partial charge in [0.2, 0.25) is 0 Å². The number of hydrogen-bond donors (Lipinski definition) is 0. The average molecular weight is 284 g/mol. The Morgan fingerprint density at radius 2 is 1.71 bits per heavy atom. The number of amides is 1. The monoisotopic (exact) mass is 284 g/mol. The summed E-state index contributed by atoms with van der Waals surface area (Å²) in [6, 6.07) is 10.3. The molecule has 0 radical (unpaired) electrons. The average Bonchev–Trinajstić information content (AvgIpc) is 2.94. The molecule has 0 saturated carbocycles. The van der Waals surface area contributed by atoms with Crippen LogP contribution in [0.1, 0.15) is 16.1 Å². The van der Waals surface area contributed by atoms with Gasteiger partial charge in [0, 0.05) is 45.1 Å². The Kier molecular flexibility index (Phi) is 3.64. The zero-order valence-corrected chi connectivity index (χ0v) is 12.5. The first-order chi connectivity index (χ1) is 10.1. The van der Waals surface area contributed by atoms with Gasteiger partial charge in [-0.05, 0) is 25.1 Å². The molecular weight excluding hydrogens is 264 g/mol. The molecule has 1 amide bonds. The van der Waals surface area contributed by atoms with Gasteiger partial charge in [-0.15, -0.1) is 0 Å². The summed E-state index contributed by atoms with van der Waals surface area (Å²) >= 11 is 0. The lowest BCUT2D eigenvalue weighted by molar-refractivity contribution is 0.0735. The molecule has 1 aromatic carbocycles. The van der Waals surface area contributed by atoms with E-state index in [2.05, 4.69) is 41.2 Å². The van der Waals surface area contributed by atoms with Crippen LogP contribution in [0.25, 0.3) is 0 Å². The van der Waals surface area contributed by atoms with Crippen LogP contribution in [0.4, 0.5) is 5.69 Å². The maximum Gasteiger partial charge on any atom is 0.272 e. The number of anilines is 1. The lowest BCUT2D eigenvalue weighted by atomic mass is 10.2. The molecule has 2 heterocycles. The Hall–Kier alpha value is -2.30. The van der Waals surface area contributed by atoms with Gasteiger partial charge in [0.25, 0.3) is 5.91 Å². The van der Waals surface area contributed by atoms with Gasteiger partial charge in [-0.3, -0.25) is 9.48 Å². The predicted octanol–water partition coefficient (Wildman–Crippen LogP) is 1.69. The largest absolute Gasteiger partial charge is 0.368 e. The van der Waals surface area contributed by atoms with Crippen LogP contribution in [0.5, 0.6) is 0 Å². The van der Waals surface area contributed by atoms with Crippen molar-refractivity contribution >= 4 is 11.6 Å². The highest BCUT2D eigenvalue weighted by atomic mass is 16.2. The first-order valence-corrected chi connectivity index (χ1v) is 7.24. The Bertz CT molecular complexity index is 624. The molecule has 1 saturated heterocycles. The molecule has 1 aliphatic heterocycles. The molecule has 0 aliphatic carbocycles. The van der Waals surface area contributed by atoms with Gasteiger partial charge in [-0.2, -0.15) is 5.10 Å². The molecule has 1 fully saturated rings. The van der Waals surface area contributed by atoms with Crippen molar-refractivity contribution in [2.75, 3.05) is 31.1 Å². The Balaban J connectivity index is 1.64. The van der Waals surface area contributed by atoms with Gasteiger partial charge in [0.05, 0.1) is 0 Å². The maximum absolute atomic E-state index is 12.4. The Labute approximate surface area is 124 Å². The van der Waals surface area contributed by atoms with Crippen molar-refractivity contribution in [1.29, 1.82) is 0 Å². The molecule has 0 spiro atoms. The molecule has 1 aliphatic rings. The third-order valence-electron chi connectivity index (χ3n) is 4.01. The number of nitrogens with zero attached hydrogens (tertiary/aromatic N) is 4. The van der Waals surface area contributed by atoms with E-state index in [4.69, 9.17) is 0 Å². The normalized spacial score (nSPS) is 15.3. The predicted molar refractivity (Wildman–Crippen MR) is 82.5 cm³/mol. The maximum atomic E-state index is 12.4. The standard InChI is InChI=1S/C16H20N4O/c1-13-3-5-14(6-4-13)19-9-11-20(12-10-19)16(21)15-7-8-17-18(15)2/h3-8H,9-12H2,1-2H3. The fourth-order valence-electron chi connectivity index (χ4n) is 2.67. The first-order valence-electron chi connectivity index (χ1n) is 7.24. The van der Waals surface area contributed by atoms with Gasteiger partial charge in [-0.25, -0.2) is 0 Å². The molecule has 0 unspecified atom stereocenters. The quantitative estimate of drug-likeness (QED) is 0.842. The van der Waals surface area contributed by atoms with Crippen LogP contribution in [0.15, 0.2) is 36.5 Å². The van der Waals surface area contributed by atoms with E-state index >= 15 is 0 Å². The molecule has 110 valence electrons. The zero-order valence-electron chi connectivity index (χ0n) is 12.5. The molecule has 5 heteroatoms. The van der Waals surface area contributed by atoms with Crippen molar-refractivity contribution in [3.05, 3.63) is 47.8 Å². The van der Waals surface area contributed by atoms with Crippen LogP contribution >= 0.6 is 0 Å². The van der Waals surface area contributed by atoms with Crippen molar-refractivity contribution in [2.24, 2.45) is 7.05 Å². The molecule has 5 nitrogen and oxygen atoms in total. The van der Waals surface area contributed by atoms with Crippen molar-refractivity contribution in [1.82, 2.24) is 14.7 Å². The van der Waals surface area contributed by atoms with Crippen molar-refractivity contribution < 1.29 is 4.79 Å². The zero-order chi connectivity index (χ0) is 14.8. The van der Waals surface area contributed by atoms with Crippen LogP contribution in [0, 0.1) is 6.92 Å².